The second-order valence-corrected chi connectivity index (χ2v) is 4.58. The monoisotopic (exact) mass is 285 g/mol. The topological polar surface area (TPSA) is 40.5 Å². The lowest BCUT2D eigenvalue weighted by Crippen LogP contribution is -2.29. The molecule has 1 aromatic rings. The highest BCUT2D eigenvalue weighted by atomic mass is 79.9. The number of benzene rings is 1. The first kappa shape index (κ1) is 13.2. The molecule has 0 saturated carbocycles. The van der Waals surface area contributed by atoms with Crippen LogP contribution in [0.15, 0.2) is 28.7 Å². The van der Waals surface area contributed by atoms with Crippen molar-refractivity contribution in [3.63, 3.8) is 0 Å². The molecule has 0 saturated heterocycles. The Kier molecular flexibility index (Phi) is 5.49. The fourth-order valence-electron chi connectivity index (χ4n) is 1.36. The predicted octanol–water partition coefficient (Wildman–Crippen LogP) is 1.83. The largest absolute Gasteiger partial charge is 0.396 e. The van der Waals surface area contributed by atoms with Crippen molar-refractivity contribution in [2.75, 3.05) is 20.2 Å². The molecule has 1 aromatic carbocycles. The molecule has 0 radical (unpaired) electrons. The Morgan fingerprint density at radius 1 is 1.38 bits per heavy atom. The van der Waals surface area contributed by atoms with Gasteiger partial charge in [-0.15, -0.1) is 0 Å². The molecule has 0 aliphatic carbocycles. The molecule has 0 unspecified atom stereocenters. The lowest BCUT2D eigenvalue weighted by molar-refractivity contribution is -0.130. The van der Waals surface area contributed by atoms with Crippen LogP contribution in [-0.2, 0) is 11.2 Å². The van der Waals surface area contributed by atoms with E-state index in [-0.39, 0.29) is 18.9 Å². The van der Waals surface area contributed by atoms with E-state index in [4.69, 9.17) is 5.11 Å². The molecule has 0 fully saturated rings. The summed E-state index contributed by atoms with van der Waals surface area (Å²) in [6, 6.07) is 8.05. The number of aliphatic hydroxyl groups is 1. The molecule has 0 aromatic heterocycles. The minimum absolute atomic E-state index is 0.0142. The number of hydrogen-bond acceptors (Lipinski definition) is 2. The van der Waals surface area contributed by atoms with Crippen LogP contribution >= 0.6 is 15.9 Å². The number of carbonyl (C=O) groups excluding carboxylic acids is 1. The van der Waals surface area contributed by atoms with Gasteiger partial charge in [-0.3, -0.25) is 4.79 Å². The third kappa shape index (κ3) is 4.33. The van der Waals surface area contributed by atoms with Gasteiger partial charge >= 0.3 is 0 Å². The van der Waals surface area contributed by atoms with Crippen LogP contribution in [0.1, 0.15) is 12.0 Å². The van der Waals surface area contributed by atoms with Gasteiger partial charge in [0.1, 0.15) is 0 Å². The van der Waals surface area contributed by atoms with E-state index in [0.29, 0.717) is 6.54 Å². The number of rotatable bonds is 5. The lowest BCUT2D eigenvalue weighted by atomic mass is 10.1. The summed E-state index contributed by atoms with van der Waals surface area (Å²) in [5, 5.41) is 8.65. The van der Waals surface area contributed by atoms with Crippen molar-refractivity contribution >= 4 is 21.8 Å². The quantitative estimate of drug-likeness (QED) is 0.897. The van der Waals surface area contributed by atoms with Crippen LogP contribution in [0.5, 0.6) is 0 Å². The summed E-state index contributed by atoms with van der Waals surface area (Å²) in [4.78, 5) is 13.0. The number of aliphatic hydroxyl groups excluding tert-OH is 1. The first-order valence-corrected chi connectivity index (χ1v) is 6.02. The number of nitrogens with zero attached hydrogens (tertiary/aromatic N) is 1. The highest BCUT2D eigenvalue weighted by Gasteiger charge is 2.07. The highest BCUT2D eigenvalue weighted by molar-refractivity contribution is 9.10. The molecule has 0 heterocycles. The van der Waals surface area contributed by atoms with Crippen LogP contribution in [0, 0.1) is 0 Å². The molecule has 1 rings (SSSR count). The van der Waals surface area contributed by atoms with Crippen LogP contribution < -0.4 is 0 Å². The minimum Gasteiger partial charge on any atom is -0.396 e. The highest BCUT2D eigenvalue weighted by Crippen LogP contribution is 2.11. The minimum atomic E-state index is -0.0819. The molecule has 0 spiro atoms. The van der Waals surface area contributed by atoms with Gasteiger partial charge in [0.2, 0.25) is 5.91 Å². The average Bonchev–Trinajstić information content (AvgIpc) is 2.28. The van der Waals surface area contributed by atoms with E-state index in [0.717, 1.165) is 10.9 Å². The van der Waals surface area contributed by atoms with E-state index in [1.54, 1.807) is 11.9 Å². The zero-order valence-electron chi connectivity index (χ0n) is 9.32. The third-order valence-corrected chi connectivity index (χ3v) is 2.93. The normalized spacial score (nSPS) is 10.2. The number of halogens is 1. The Morgan fingerprint density at radius 2 is 2.00 bits per heavy atom. The van der Waals surface area contributed by atoms with Gasteiger partial charge in [-0.1, -0.05) is 28.1 Å². The Bertz CT molecular complexity index is 337. The molecule has 0 atom stereocenters. The maximum absolute atomic E-state index is 11.4. The predicted molar refractivity (Wildman–Crippen MR) is 67.2 cm³/mol. The maximum Gasteiger partial charge on any atom is 0.224 e. The van der Waals surface area contributed by atoms with Crippen molar-refractivity contribution < 1.29 is 9.90 Å². The van der Waals surface area contributed by atoms with Crippen LogP contribution in [0.25, 0.3) is 0 Å². The number of carbonyl (C=O) groups is 1. The molecule has 0 aliphatic heterocycles. The molecular formula is C12H16BrNO2. The summed E-state index contributed by atoms with van der Waals surface area (Å²) in [5.74, 6) is -0.0142. The summed E-state index contributed by atoms with van der Waals surface area (Å²) in [6.07, 6.45) is 1.04. The van der Waals surface area contributed by atoms with E-state index in [2.05, 4.69) is 15.9 Å². The zero-order valence-corrected chi connectivity index (χ0v) is 10.9. The van der Waals surface area contributed by atoms with Crippen molar-refractivity contribution in [3.8, 4) is 0 Å². The van der Waals surface area contributed by atoms with Gasteiger partial charge in [0.25, 0.3) is 0 Å². The molecule has 88 valence electrons. The van der Waals surface area contributed by atoms with Gasteiger partial charge in [0.05, 0.1) is 6.61 Å². The van der Waals surface area contributed by atoms with E-state index in [1.807, 2.05) is 24.3 Å². The summed E-state index contributed by atoms with van der Waals surface area (Å²) in [5.41, 5.74) is 1.20. The fourth-order valence-corrected chi connectivity index (χ4v) is 1.62. The van der Waals surface area contributed by atoms with Crippen LogP contribution in [0.2, 0.25) is 0 Å². The number of likely N-dealkylation sites (N-methyl/N-ethyl adjacent to an activating group) is 1. The van der Waals surface area contributed by atoms with Crippen LogP contribution in [0.4, 0.5) is 0 Å². The summed E-state index contributed by atoms with van der Waals surface area (Å²) < 4.78 is 1.06. The Hall–Kier alpha value is -0.870. The molecular weight excluding hydrogens is 270 g/mol. The molecule has 1 N–H and O–H groups in total. The smallest absolute Gasteiger partial charge is 0.224 e. The van der Waals surface area contributed by atoms with E-state index >= 15 is 0 Å². The van der Waals surface area contributed by atoms with Crippen molar-refractivity contribution in [1.82, 2.24) is 4.90 Å². The average molecular weight is 286 g/mol. The van der Waals surface area contributed by atoms with Gasteiger partial charge in [-0.25, -0.2) is 0 Å². The number of hydrogen-bond donors (Lipinski definition) is 1. The fraction of sp³-hybridized carbons (Fsp3) is 0.417. The zero-order chi connectivity index (χ0) is 12.0. The van der Waals surface area contributed by atoms with Gasteiger partial charge in [0, 0.05) is 24.5 Å². The van der Waals surface area contributed by atoms with Crippen LogP contribution in [0.3, 0.4) is 0 Å². The van der Waals surface area contributed by atoms with Crippen molar-refractivity contribution in [3.05, 3.63) is 34.3 Å². The second-order valence-electron chi connectivity index (χ2n) is 3.67. The van der Waals surface area contributed by atoms with Crippen molar-refractivity contribution in [2.24, 2.45) is 0 Å². The summed E-state index contributed by atoms with van der Waals surface area (Å²) >= 11 is 3.38. The molecule has 1 amide bonds. The van der Waals surface area contributed by atoms with E-state index < -0.39 is 0 Å². The van der Waals surface area contributed by atoms with Crippen molar-refractivity contribution in [1.29, 1.82) is 0 Å². The molecule has 4 heteroatoms. The SMILES string of the molecule is CN(CCc1ccc(Br)cc1)C(=O)CCO. The molecule has 0 bridgehead atoms. The first-order valence-electron chi connectivity index (χ1n) is 5.22. The standard InChI is InChI=1S/C12H16BrNO2/c1-14(12(16)7-9-15)8-6-10-2-4-11(13)5-3-10/h2-5,15H,6-9H2,1H3. The van der Waals surface area contributed by atoms with Gasteiger partial charge in [-0.2, -0.15) is 0 Å². The summed E-state index contributed by atoms with van der Waals surface area (Å²) in [7, 11) is 1.76. The van der Waals surface area contributed by atoms with Gasteiger partial charge in [0.15, 0.2) is 0 Å². The lowest BCUT2D eigenvalue weighted by Gasteiger charge is -2.16. The first-order chi connectivity index (χ1) is 7.63. The summed E-state index contributed by atoms with van der Waals surface area (Å²) in [6.45, 7) is 0.599. The van der Waals surface area contributed by atoms with E-state index in [1.165, 1.54) is 5.56 Å². The Balaban J connectivity index is 2.39. The van der Waals surface area contributed by atoms with E-state index in [9.17, 15) is 4.79 Å². The Morgan fingerprint density at radius 3 is 2.56 bits per heavy atom. The van der Waals surface area contributed by atoms with Gasteiger partial charge < -0.3 is 10.0 Å². The van der Waals surface area contributed by atoms with Gasteiger partial charge in [-0.05, 0) is 24.1 Å². The Labute approximate surface area is 104 Å². The maximum atomic E-state index is 11.4. The molecule has 16 heavy (non-hydrogen) atoms. The van der Waals surface area contributed by atoms with Crippen LogP contribution in [-0.4, -0.2) is 36.1 Å². The molecule has 3 nitrogen and oxygen atoms in total. The molecule has 0 aliphatic rings. The third-order valence-electron chi connectivity index (χ3n) is 2.40. The second kappa shape index (κ2) is 6.66. The van der Waals surface area contributed by atoms with Crippen molar-refractivity contribution in [2.45, 2.75) is 12.8 Å². The number of amides is 1.